The van der Waals surface area contributed by atoms with Crippen LogP contribution in [-0.2, 0) is 32.2 Å². The molecule has 0 aromatic carbocycles. The molecule has 0 aliphatic rings. The molecule has 2 heterocycles. The third-order valence-corrected chi connectivity index (χ3v) is 4.55. The number of nitrogen functional groups attached to an aromatic ring is 2. The minimum Gasteiger partial charge on any atom is -0.465 e. The molecule has 0 saturated carbocycles. The quantitative estimate of drug-likeness (QED) is 0.675. The smallest absolute Gasteiger partial charge is 0.350 e. The van der Waals surface area contributed by atoms with E-state index in [1.165, 1.54) is 28.4 Å². The van der Waals surface area contributed by atoms with Crippen LogP contribution in [0.4, 0.5) is 10.3 Å². The number of thiazole rings is 2. The molecule has 0 radical (unpaired) electrons. The monoisotopic (exact) mass is 404 g/mol. The SMILES string of the molecule is COCc1nc(N)sc1C(=O)OC.COCc1nc(N)sc1C(=O)OC. The highest BCUT2D eigenvalue weighted by Gasteiger charge is 2.17. The maximum Gasteiger partial charge on any atom is 0.350 e. The molecule has 0 fully saturated rings. The van der Waals surface area contributed by atoms with Crippen LogP contribution in [0.25, 0.3) is 0 Å². The molecule has 2 aromatic rings. The summed E-state index contributed by atoms with van der Waals surface area (Å²) in [7, 11) is 5.68. The minimum atomic E-state index is -0.429. The molecule has 2 aromatic heterocycles. The van der Waals surface area contributed by atoms with Gasteiger partial charge in [-0.2, -0.15) is 0 Å². The Kier molecular flexibility index (Phi) is 8.92. The summed E-state index contributed by atoms with van der Waals surface area (Å²) in [6, 6.07) is 0. The molecular formula is C14H20N4O6S2. The molecule has 0 aliphatic carbocycles. The summed E-state index contributed by atoms with van der Waals surface area (Å²) >= 11 is 2.20. The summed E-state index contributed by atoms with van der Waals surface area (Å²) in [5.74, 6) is -0.859. The van der Waals surface area contributed by atoms with Gasteiger partial charge >= 0.3 is 11.9 Å². The third-order valence-electron chi connectivity index (χ3n) is 2.73. The van der Waals surface area contributed by atoms with Gasteiger partial charge in [0.05, 0.1) is 38.8 Å². The van der Waals surface area contributed by atoms with Gasteiger partial charge in [-0.3, -0.25) is 0 Å². The number of hydrogen-bond donors (Lipinski definition) is 2. The predicted molar refractivity (Wildman–Crippen MR) is 97.2 cm³/mol. The zero-order valence-corrected chi connectivity index (χ0v) is 16.4. The van der Waals surface area contributed by atoms with Crippen molar-refractivity contribution in [3.8, 4) is 0 Å². The first-order valence-electron chi connectivity index (χ1n) is 7.02. The molecule has 144 valence electrons. The first-order chi connectivity index (χ1) is 12.4. The lowest BCUT2D eigenvalue weighted by atomic mass is 10.4. The molecule has 4 N–H and O–H groups in total. The standard InChI is InChI=1S/2C7H10N2O3S/c2*1-11-3-4-5(6(10)12-2)13-7(8)9-4/h2*3H2,1-2H3,(H2,8,9). The topological polar surface area (TPSA) is 149 Å². The molecule has 0 unspecified atom stereocenters. The van der Waals surface area contributed by atoms with Crippen LogP contribution < -0.4 is 11.5 Å². The molecule has 0 aliphatic heterocycles. The van der Waals surface area contributed by atoms with Gasteiger partial charge in [-0.05, 0) is 0 Å². The Morgan fingerprint density at radius 2 is 1.15 bits per heavy atom. The van der Waals surface area contributed by atoms with Crippen molar-refractivity contribution in [3.63, 3.8) is 0 Å². The number of anilines is 2. The molecule has 0 atom stereocenters. The van der Waals surface area contributed by atoms with Gasteiger partial charge in [-0.1, -0.05) is 22.7 Å². The second-order valence-electron chi connectivity index (χ2n) is 4.51. The van der Waals surface area contributed by atoms with Gasteiger partial charge in [0.1, 0.15) is 9.75 Å². The fourth-order valence-corrected chi connectivity index (χ4v) is 3.22. The number of esters is 2. The molecule has 0 spiro atoms. The minimum absolute atomic E-state index is 0.262. The molecule has 10 nitrogen and oxygen atoms in total. The van der Waals surface area contributed by atoms with Gasteiger partial charge in [-0.25, -0.2) is 19.6 Å². The molecule has 2 rings (SSSR count). The van der Waals surface area contributed by atoms with Crippen molar-refractivity contribution in [1.82, 2.24) is 9.97 Å². The van der Waals surface area contributed by atoms with E-state index >= 15 is 0 Å². The zero-order chi connectivity index (χ0) is 19.7. The highest BCUT2D eigenvalue weighted by atomic mass is 32.1. The van der Waals surface area contributed by atoms with Gasteiger partial charge < -0.3 is 30.4 Å². The number of hydrogen-bond acceptors (Lipinski definition) is 12. The molecule has 0 saturated heterocycles. The molecule has 26 heavy (non-hydrogen) atoms. The summed E-state index contributed by atoms with van der Waals surface area (Å²) in [6.07, 6.45) is 0. The van der Waals surface area contributed by atoms with Crippen molar-refractivity contribution in [2.75, 3.05) is 39.9 Å². The van der Waals surface area contributed by atoms with Crippen LogP contribution in [0.5, 0.6) is 0 Å². The van der Waals surface area contributed by atoms with E-state index in [0.29, 0.717) is 31.4 Å². The molecular weight excluding hydrogens is 384 g/mol. The molecule has 12 heteroatoms. The van der Waals surface area contributed by atoms with Crippen molar-refractivity contribution in [3.05, 3.63) is 21.1 Å². The number of aromatic nitrogens is 2. The number of methoxy groups -OCH3 is 4. The lowest BCUT2D eigenvalue weighted by Crippen LogP contribution is -2.03. The third kappa shape index (κ3) is 5.91. The van der Waals surface area contributed by atoms with Crippen molar-refractivity contribution in [2.45, 2.75) is 13.2 Å². The van der Waals surface area contributed by atoms with Crippen molar-refractivity contribution < 1.29 is 28.5 Å². The number of nitrogens with two attached hydrogens (primary N) is 2. The summed E-state index contributed by atoms with van der Waals surface area (Å²) in [5.41, 5.74) is 11.9. The Morgan fingerprint density at radius 3 is 1.42 bits per heavy atom. The Morgan fingerprint density at radius 1 is 0.808 bits per heavy atom. The first kappa shape index (κ1) is 21.8. The highest BCUT2D eigenvalue weighted by Crippen LogP contribution is 2.22. The summed E-state index contributed by atoms with van der Waals surface area (Å²) < 4.78 is 18.8. The predicted octanol–water partition coefficient (Wildman–Crippen LogP) is 1.32. The maximum atomic E-state index is 11.2. The number of carbonyl (C=O) groups excluding carboxylic acids is 2. The Labute approximate surface area is 158 Å². The van der Waals surface area contributed by atoms with E-state index in [1.807, 2.05) is 0 Å². The van der Waals surface area contributed by atoms with E-state index in [1.54, 1.807) is 0 Å². The largest absolute Gasteiger partial charge is 0.465 e. The average Bonchev–Trinajstić information content (AvgIpc) is 3.17. The van der Waals surface area contributed by atoms with Crippen LogP contribution in [0.3, 0.4) is 0 Å². The van der Waals surface area contributed by atoms with E-state index < -0.39 is 11.9 Å². The van der Waals surface area contributed by atoms with Crippen molar-refractivity contribution in [1.29, 1.82) is 0 Å². The highest BCUT2D eigenvalue weighted by molar-refractivity contribution is 7.17. The summed E-state index contributed by atoms with van der Waals surface area (Å²) in [4.78, 5) is 31.0. The lowest BCUT2D eigenvalue weighted by Gasteiger charge is -1.97. The van der Waals surface area contributed by atoms with E-state index in [4.69, 9.17) is 20.9 Å². The van der Waals surface area contributed by atoms with Crippen LogP contribution in [0.2, 0.25) is 0 Å². The number of carbonyl (C=O) groups is 2. The van der Waals surface area contributed by atoms with Crippen LogP contribution in [0.15, 0.2) is 0 Å². The van der Waals surface area contributed by atoms with Crippen LogP contribution >= 0.6 is 22.7 Å². The Balaban J connectivity index is 0.000000260. The summed E-state index contributed by atoms with van der Waals surface area (Å²) in [5, 5.41) is 0.680. The zero-order valence-electron chi connectivity index (χ0n) is 14.7. The van der Waals surface area contributed by atoms with Gasteiger partial charge in [0.15, 0.2) is 10.3 Å². The maximum absolute atomic E-state index is 11.2. The van der Waals surface area contributed by atoms with E-state index in [9.17, 15) is 9.59 Å². The Hall–Kier alpha value is -2.28. The average molecular weight is 404 g/mol. The van der Waals surface area contributed by atoms with Gasteiger partial charge in [0.25, 0.3) is 0 Å². The second kappa shape index (κ2) is 10.7. The number of rotatable bonds is 6. The molecule has 0 bridgehead atoms. The molecule has 0 amide bonds. The van der Waals surface area contributed by atoms with Gasteiger partial charge in [0.2, 0.25) is 0 Å². The number of ether oxygens (including phenoxy) is 4. The fourth-order valence-electron chi connectivity index (χ4n) is 1.71. The van der Waals surface area contributed by atoms with E-state index in [-0.39, 0.29) is 13.2 Å². The first-order valence-corrected chi connectivity index (χ1v) is 8.66. The van der Waals surface area contributed by atoms with Crippen LogP contribution in [0, 0.1) is 0 Å². The van der Waals surface area contributed by atoms with Crippen LogP contribution in [-0.4, -0.2) is 50.3 Å². The van der Waals surface area contributed by atoms with E-state index in [0.717, 1.165) is 22.7 Å². The Bertz CT molecular complexity index is 684. The normalized spacial score (nSPS) is 10.0. The van der Waals surface area contributed by atoms with Crippen LogP contribution in [0.1, 0.15) is 30.7 Å². The lowest BCUT2D eigenvalue weighted by molar-refractivity contribution is 0.0592. The van der Waals surface area contributed by atoms with Crippen molar-refractivity contribution >= 4 is 44.9 Å². The fraction of sp³-hybridized carbons (Fsp3) is 0.429. The van der Waals surface area contributed by atoms with Crippen molar-refractivity contribution in [2.24, 2.45) is 0 Å². The number of nitrogens with zero attached hydrogens (tertiary/aromatic N) is 2. The summed E-state index contributed by atoms with van der Waals surface area (Å²) in [6.45, 7) is 0.524. The van der Waals surface area contributed by atoms with Gasteiger partial charge in [0, 0.05) is 14.2 Å². The second-order valence-corrected chi connectivity index (χ2v) is 6.57. The van der Waals surface area contributed by atoms with E-state index in [2.05, 4.69) is 19.4 Å². The van der Waals surface area contributed by atoms with Gasteiger partial charge in [-0.15, -0.1) is 0 Å².